The van der Waals surface area contributed by atoms with Gasteiger partial charge in [-0.2, -0.15) is 0 Å². The standard InChI is InChI=1S/C19H29N3O4/c1-3-20-19(24)22-10-12-26-17-7-5-15(13-16(17)14-22)6-8-18(23)21-9-4-11-25-2/h5,7,13H,3-4,6,8-12,14H2,1-2H3,(H,20,24)(H,21,23). The van der Waals surface area contributed by atoms with Gasteiger partial charge in [0.25, 0.3) is 0 Å². The molecule has 3 amide bonds. The summed E-state index contributed by atoms with van der Waals surface area (Å²) < 4.78 is 10.7. The number of ether oxygens (including phenoxy) is 2. The summed E-state index contributed by atoms with van der Waals surface area (Å²) in [6.45, 7) is 5.33. The number of methoxy groups -OCH3 is 1. The minimum atomic E-state index is -0.0789. The molecule has 1 aliphatic rings. The second-order valence-corrected chi connectivity index (χ2v) is 6.24. The van der Waals surface area contributed by atoms with Gasteiger partial charge in [0.15, 0.2) is 0 Å². The van der Waals surface area contributed by atoms with Crippen molar-refractivity contribution < 1.29 is 19.1 Å². The van der Waals surface area contributed by atoms with Crippen LogP contribution in [0.15, 0.2) is 18.2 Å². The molecule has 1 aliphatic heterocycles. The number of nitrogens with zero attached hydrogens (tertiary/aromatic N) is 1. The van der Waals surface area contributed by atoms with E-state index < -0.39 is 0 Å². The highest BCUT2D eigenvalue weighted by atomic mass is 16.5. The van der Waals surface area contributed by atoms with Crippen LogP contribution in [-0.2, 0) is 22.5 Å². The van der Waals surface area contributed by atoms with Gasteiger partial charge in [0, 0.05) is 38.8 Å². The molecule has 0 unspecified atom stereocenters. The third kappa shape index (κ3) is 6.22. The molecule has 0 radical (unpaired) electrons. The smallest absolute Gasteiger partial charge is 0.317 e. The van der Waals surface area contributed by atoms with Gasteiger partial charge in [0.2, 0.25) is 5.91 Å². The number of urea groups is 1. The lowest BCUT2D eigenvalue weighted by Crippen LogP contribution is -2.40. The van der Waals surface area contributed by atoms with Crippen molar-refractivity contribution >= 4 is 11.9 Å². The van der Waals surface area contributed by atoms with Crippen LogP contribution in [0.3, 0.4) is 0 Å². The summed E-state index contributed by atoms with van der Waals surface area (Å²) in [6, 6.07) is 5.87. The van der Waals surface area contributed by atoms with Crippen LogP contribution in [0.5, 0.6) is 5.75 Å². The number of rotatable bonds is 8. The first-order valence-corrected chi connectivity index (χ1v) is 9.17. The first-order chi connectivity index (χ1) is 12.6. The van der Waals surface area contributed by atoms with Crippen LogP contribution in [0.2, 0.25) is 0 Å². The van der Waals surface area contributed by atoms with Crippen molar-refractivity contribution in [3.8, 4) is 5.75 Å². The van der Waals surface area contributed by atoms with Gasteiger partial charge in [-0.1, -0.05) is 12.1 Å². The van der Waals surface area contributed by atoms with E-state index >= 15 is 0 Å². The van der Waals surface area contributed by atoms with Crippen LogP contribution in [-0.4, -0.2) is 56.8 Å². The molecule has 1 heterocycles. The molecule has 0 atom stereocenters. The maximum absolute atomic E-state index is 12.1. The molecular formula is C19H29N3O4. The molecule has 0 spiro atoms. The zero-order chi connectivity index (χ0) is 18.8. The van der Waals surface area contributed by atoms with E-state index in [1.54, 1.807) is 12.0 Å². The number of fused-ring (bicyclic) bond motifs is 1. The highest BCUT2D eigenvalue weighted by Gasteiger charge is 2.19. The number of nitrogens with one attached hydrogen (secondary N) is 2. The Hall–Kier alpha value is -2.28. The zero-order valence-corrected chi connectivity index (χ0v) is 15.7. The molecule has 26 heavy (non-hydrogen) atoms. The van der Waals surface area contributed by atoms with Gasteiger partial charge in [-0.15, -0.1) is 0 Å². The van der Waals surface area contributed by atoms with Crippen LogP contribution in [0.1, 0.15) is 30.9 Å². The van der Waals surface area contributed by atoms with Crippen molar-refractivity contribution in [3.05, 3.63) is 29.3 Å². The molecule has 7 heteroatoms. The van der Waals surface area contributed by atoms with E-state index in [1.165, 1.54) is 0 Å². The van der Waals surface area contributed by atoms with Gasteiger partial charge in [0.05, 0.1) is 13.1 Å². The third-order valence-corrected chi connectivity index (χ3v) is 4.21. The molecule has 2 N–H and O–H groups in total. The Morgan fingerprint density at radius 3 is 2.92 bits per heavy atom. The highest BCUT2D eigenvalue weighted by Crippen LogP contribution is 2.25. The van der Waals surface area contributed by atoms with Gasteiger partial charge in [-0.3, -0.25) is 4.79 Å². The number of benzene rings is 1. The van der Waals surface area contributed by atoms with Crippen molar-refractivity contribution in [2.45, 2.75) is 32.7 Å². The van der Waals surface area contributed by atoms with E-state index in [0.29, 0.717) is 52.2 Å². The van der Waals surface area contributed by atoms with Crippen LogP contribution in [0, 0.1) is 0 Å². The van der Waals surface area contributed by atoms with Crippen LogP contribution < -0.4 is 15.4 Å². The minimum absolute atomic E-state index is 0.0382. The molecule has 1 aromatic carbocycles. The molecule has 1 aromatic rings. The minimum Gasteiger partial charge on any atom is -0.491 e. The summed E-state index contributed by atoms with van der Waals surface area (Å²) in [5.74, 6) is 0.848. The maximum Gasteiger partial charge on any atom is 0.317 e. The largest absolute Gasteiger partial charge is 0.491 e. The predicted octanol–water partition coefficient (Wildman–Crippen LogP) is 1.70. The molecule has 0 aromatic heterocycles. The van der Waals surface area contributed by atoms with Gasteiger partial charge < -0.3 is 25.0 Å². The molecule has 2 rings (SSSR count). The Balaban J connectivity index is 1.90. The van der Waals surface area contributed by atoms with Gasteiger partial charge in [-0.05, 0) is 31.4 Å². The van der Waals surface area contributed by atoms with Gasteiger partial charge >= 0.3 is 6.03 Å². The molecule has 0 saturated carbocycles. The first kappa shape index (κ1) is 20.0. The quantitative estimate of drug-likeness (QED) is 0.689. The molecule has 0 aliphatic carbocycles. The summed E-state index contributed by atoms with van der Waals surface area (Å²) in [5.41, 5.74) is 2.05. The topological polar surface area (TPSA) is 79.9 Å². The predicted molar refractivity (Wildman–Crippen MR) is 99.2 cm³/mol. The van der Waals surface area contributed by atoms with Crippen molar-refractivity contribution in [2.24, 2.45) is 0 Å². The lowest BCUT2D eigenvalue weighted by atomic mass is 10.0. The number of hydrogen-bond donors (Lipinski definition) is 2. The molecule has 0 fully saturated rings. The van der Waals surface area contributed by atoms with E-state index in [0.717, 1.165) is 23.3 Å². The van der Waals surface area contributed by atoms with Gasteiger partial charge in [0.1, 0.15) is 12.4 Å². The van der Waals surface area contributed by atoms with E-state index in [9.17, 15) is 9.59 Å². The summed E-state index contributed by atoms with van der Waals surface area (Å²) in [5, 5.41) is 5.72. The van der Waals surface area contributed by atoms with E-state index in [-0.39, 0.29) is 11.9 Å². The zero-order valence-electron chi connectivity index (χ0n) is 15.7. The second kappa shape index (κ2) is 10.7. The Bertz CT molecular complexity index is 606. The number of aryl methyl sites for hydroxylation is 1. The number of hydrogen-bond acceptors (Lipinski definition) is 4. The van der Waals surface area contributed by atoms with Crippen LogP contribution in [0.4, 0.5) is 4.79 Å². The molecule has 7 nitrogen and oxygen atoms in total. The van der Waals surface area contributed by atoms with Crippen LogP contribution in [0.25, 0.3) is 0 Å². The SMILES string of the molecule is CCNC(=O)N1CCOc2ccc(CCC(=O)NCCCOC)cc2C1. The highest BCUT2D eigenvalue weighted by molar-refractivity contribution is 5.76. The Labute approximate surface area is 155 Å². The van der Waals surface area contributed by atoms with Crippen molar-refractivity contribution in [1.29, 1.82) is 0 Å². The average molecular weight is 363 g/mol. The summed E-state index contributed by atoms with van der Waals surface area (Å²) >= 11 is 0. The van der Waals surface area contributed by atoms with E-state index in [2.05, 4.69) is 10.6 Å². The first-order valence-electron chi connectivity index (χ1n) is 9.17. The van der Waals surface area contributed by atoms with E-state index in [1.807, 2.05) is 25.1 Å². The summed E-state index contributed by atoms with van der Waals surface area (Å²) in [4.78, 5) is 25.8. The fourth-order valence-electron chi connectivity index (χ4n) is 2.83. The lowest BCUT2D eigenvalue weighted by Gasteiger charge is -2.20. The maximum atomic E-state index is 12.1. The number of carbonyl (C=O) groups is 2. The average Bonchev–Trinajstić information content (AvgIpc) is 2.85. The molecule has 0 bridgehead atoms. The monoisotopic (exact) mass is 363 g/mol. The normalized spacial score (nSPS) is 13.4. The van der Waals surface area contributed by atoms with Crippen molar-refractivity contribution in [1.82, 2.24) is 15.5 Å². The fourth-order valence-corrected chi connectivity index (χ4v) is 2.83. The van der Waals surface area contributed by atoms with E-state index in [4.69, 9.17) is 9.47 Å². The van der Waals surface area contributed by atoms with Crippen molar-refractivity contribution in [3.63, 3.8) is 0 Å². The van der Waals surface area contributed by atoms with Crippen LogP contribution >= 0.6 is 0 Å². The number of amides is 3. The summed E-state index contributed by atoms with van der Waals surface area (Å²) in [7, 11) is 1.65. The number of carbonyl (C=O) groups excluding carboxylic acids is 2. The second-order valence-electron chi connectivity index (χ2n) is 6.24. The Kier molecular flexibility index (Phi) is 8.21. The summed E-state index contributed by atoms with van der Waals surface area (Å²) in [6.07, 6.45) is 1.91. The van der Waals surface area contributed by atoms with Gasteiger partial charge in [-0.25, -0.2) is 4.79 Å². The fraction of sp³-hybridized carbons (Fsp3) is 0.579. The molecule has 0 saturated heterocycles. The lowest BCUT2D eigenvalue weighted by molar-refractivity contribution is -0.121. The Morgan fingerprint density at radius 2 is 2.15 bits per heavy atom. The van der Waals surface area contributed by atoms with Crippen molar-refractivity contribution in [2.75, 3.05) is 40.0 Å². The molecular weight excluding hydrogens is 334 g/mol. The molecule has 144 valence electrons. The Morgan fingerprint density at radius 1 is 1.31 bits per heavy atom. The third-order valence-electron chi connectivity index (χ3n) is 4.21.